The van der Waals surface area contributed by atoms with Gasteiger partial charge in [0.1, 0.15) is 0 Å². The average molecular weight is 274 g/mol. The Bertz CT molecular complexity index is 344. The molecule has 6 nitrogen and oxygen atoms in total. The van der Waals surface area contributed by atoms with Gasteiger partial charge in [-0.1, -0.05) is 0 Å². The number of hydrogen-bond donors (Lipinski definition) is 3. The van der Waals surface area contributed by atoms with Crippen LogP contribution in [0.4, 0.5) is 4.79 Å². The van der Waals surface area contributed by atoms with Crippen molar-refractivity contribution in [3.8, 4) is 0 Å². The zero-order chi connectivity index (χ0) is 13.4. The van der Waals surface area contributed by atoms with Gasteiger partial charge in [0.15, 0.2) is 0 Å². The fourth-order valence-electron chi connectivity index (χ4n) is 1.41. The minimum atomic E-state index is -0.400. The second-order valence-corrected chi connectivity index (χ2v) is 4.72. The second-order valence-electron chi connectivity index (χ2n) is 3.62. The number of carbonyl (C=O) groups excluding carboxylic acids is 2. The first-order valence-corrected chi connectivity index (χ1v) is 6.97. The highest BCUT2D eigenvalue weighted by Gasteiger charge is 2.23. The molecule has 0 saturated heterocycles. The molecule has 0 aromatic carbocycles. The maximum absolute atomic E-state index is 11.7. The molecule has 1 aliphatic heterocycles. The van der Waals surface area contributed by atoms with Crippen molar-refractivity contribution < 1.29 is 19.4 Å². The molecule has 0 bridgehead atoms. The van der Waals surface area contributed by atoms with Crippen molar-refractivity contribution in [3.05, 3.63) is 11.3 Å². The molecule has 0 atom stereocenters. The molecule has 0 saturated carbocycles. The average Bonchev–Trinajstić information content (AvgIpc) is 2.35. The third-order valence-electron chi connectivity index (χ3n) is 2.27. The van der Waals surface area contributed by atoms with E-state index in [0.29, 0.717) is 30.1 Å². The van der Waals surface area contributed by atoms with Crippen LogP contribution in [0.25, 0.3) is 0 Å². The first-order chi connectivity index (χ1) is 8.69. The maximum atomic E-state index is 11.7. The summed E-state index contributed by atoms with van der Waals surface area (Å²) in [4.78, 5) is 22.9. The predicted molar refractivity (Wildman–Crippen MR) is 69.2 cm³/mol. The van der Waals surface area contributed by atoms with Crippen molar-refractivity contribution in [2.24, 2.45) is 0 Å². The molecular weight excluding hydrogens is 256 g/mol. The largest absolute Gasteiger partial charge is 0.463 e. The Morgan fingerprint density at radius 3 is 3.00 bits per heavy atom. The van der Waals surface area contributed by atoms with Crippen LogP contribution in [-0.2, 0) is 9.53 Å². The second kappa shape index (κ2) is 7.99. The number of hydrogen-bond acceptors (Lipinski definition) is 5. The van der Waals surface area contributed by atoms with E-state index in [2.05, 4.69) is 10.6 Å². The predicted octanol–water partition coefficient (Wildman–Crippen LogP) is 0.232. The number of thioether (sulfide) groups is 1. The number of ether oxygens (including phenoxy) is 1. The maximum Gasteiger partial charge on any atom is 0.337 e. The van der Waals surface area contributed by atoms with E-state index in [1.165, 1.54) is 0 Å². The van der Waals surface area contributed by atoms with E-state index in [4.69, 9.17) is 9.84 Å². The molecule has 0 aromatic heterocycles. The summed E-state index contributed by atoms with van der Waals surface area (Å²) in [7, 11) is 0. The molecule has 0 unspecified atom stereocenters. The van der Waals surface area contributed by atoms with Crippen LogP contribution in [0.5, 0.6) is 0 Å². The number of esters is 1. The van der Waals surface area contributed by atoms with Gasteiger partial charge in [-0.3, -0.25) is 0 Å². The molecule has 0 aromatic rings. The molecule has 18 heavy (non-hydrogen) atoms. The monoisotopic (exact) mass is 274 g/mol. The number of amides is 2. The lowest BCUT2D eigenvalue weighted by atomic mass is 10.2. The molecular formula is C11H18N2O4S. The van der Waals surface area contributed by atoms with Crippen LogP contribution >= 0.6 is 11.8 Å². The van der Waals surface area contributed by atoms with Crippen LogP contribution in [-0.4, -0.2) is 48.4 Å². The van der Waals surface area contributed by atoms with Crippen molar-refractivity contribution in [3.63, 3.8) is 0 Å². The summed E-state index contributed by atoms with van der Waals surface area (Å²) in [5, 5.41) is 13.8. The fraction of sp³-hybridized carbons (Fsp3) is 0.636. The normalized spacial score (nSPS) is 15.1. The molecule has 0 aliphatic carbocycles. The summed E-state index contributed by atoms with van der Waals surface area (Å²) in [6, 6.07) is -0.305. The lowest BCUT2D eigenvalue weighted by Crippen LogP contribution is -2.44. The lowest BCUT2D eigenvalue weighted by molar-refractivity contribution is -0.138. The highest BCUT2D eigenvalue weighted by molar-refractivity contribution is 7.99. The van der Waals surface area contributed by atoms with E-state index in [9.17, 15) is 9.59 Å². The summed E-state index contributed by atoms with van der Waals surface area (Å²) >= 11 is 1.56. The molecule has 0 fully saturated rings. The topological polar surface area (TPSA) is 87.7 Å². The summed E-state index contributed by atoms with van der Waals surface area (Å²) in [6.45, 7) is 2.38. The van der Waals surface area contributed by atoms with Gasteiger partial charge in [0, 0.05) is 18.1 Å². The number of urea groups is 1. The highest BCUT2D eigenvalue weighted by atomic mass is 32.2. The van der Waals surface area contributed by atoms with Crippen molar-refractivity contribution in [1.29, 1.82) is 0 Å². The van der Waals surface area contributed by atoms with Gasteiger partial charge in [0.05, 0.1) is 18.7 Å². The summed E-state index contributed by atoms with van der Waals surface area (Å²) < 4.78 is 4.94. The molecule has 1 heterocycles. The van der Waals surface area contributed by atoms with Gasteiger partial charge in [-0.2, -0.15) is 11.8 Å². The first-order valence-electron chi connectivity index (χ1n) is 5.81. The smallest absolute Gasteiger partial charge is 0.337 e. The Balaban J connectivity index is 2.63. The molecule has 1 aliphatic rings. The number of carbonyl (C=O) groups is 2. The minimum Gasteiger partial charge on any atom is -0.463 e. The lowest BCUT2D eigenvalue weighted by Gasteiger charge is -2.21. The van der Waals surface area contributed by atoms with Crippen molar-refractivity contribution in [1.82, 2.24) is 10.6 Å². The van der Waals surface area contributed by atoms with E-state index in [-0.39, 0.29) is 19.2 Å². The number of rotatable bonds is 7. The van der Waals surface area contributed by atoms with Gasteiger partial charge in [-0.05, 0) is 19.1 Å². The van der Waals surface area contributed by atoms with Crippen LogP contribution < -0.4 is 10.6 Å². The van der Waals surface area contributed by atoms with Gasteiger partial charge in [-0.25, -0.2) is 9.59 Å². The number of aliphatic hydroxyl groups excluding tert-OH is 1. The van der Waals surface area contributed by atoms with Crippen LogP contribution in [0.15, 0.2) is 11.3 Å². The van der Waals surface area contributed by atoms with Crippen LogP contribution in [0.3, 0.4) is 0 Å². The van der Waals surface area contributed by atoms with Crippen LogP contribution in [0.2, 0.25) is 0 Å². The Labute approximate surface area is 110 Å². The Morgan fingerprint density at radius 1 is 1.56 bits per heavy atom. The van der Waals surface area contributed by atoms with E-state index in [1.54, 1.807) is 18.7 Å². The molecule has 0 radical (unpaired) electrons. The van der Waals surface area contributed by atoms with Crippen LogP contribution in [0, 0.1) is 0 Å². The third kappa shape index (κ3) is 4.58. The Morgan fingerprint density at radius 2 is 2.33 bits per heavy atom. The van der Waals surface area contributed by atoms with Gasteiger partial charge in [0.25, 0.3) is 0 Å². The third-order valence-corrected chi connectivity index (χ3v) is 3.34. The quantitative estimate of drug-likeness (QED) is 0.457. The van der Waals surface area contributed by atoms with Crippen molar-refractivity contribution in [2.75, 3.05) is 31.3 Å². The molecule has 3 N–H and O–H groups in total. The standard InChI is InChI=1S/C11H18N2O4S/c1-2-17-10(15)8-6-12-11(16)13-9(8)7-18-5-3-4-14/h14H,2-7H2,1H3,(H2,12,13,16). The zero-order valence-corrected chi connectivity index (χ0v) is 11.1. The first kappa shape index (κ1) is 14.8. The SMILES string of the molecule is CCOC(=O)C1=C(CSCCCO)NC(=O)NC1. The molecule has 102 valence electrons. The molecule has 2 amide bonds. The summed E-state index contributed by atoms with van der Waals surface area (Å²) in [5.74, 6) is 0.906. The Hall–Kier alpha value is -1.21. The molecule has 0 spiro atoms. The van der Waals surface area contributed by atoms with Crippen molar-refractivity contribution in [2.45, 2.75) is 13.3 Å². The fourth-order valence-corrected chi connectivity index (χ4v) is 2.34. The van der Waals surface area contributed by atoms with Crippen molar-refractivity contribution >= 4 is 23.8 Å². The zero-order valence-electron chi connectivity index (χ0n) is 10.3. The van der Waals surface area contributed by atoms with E-state index >= 15 is 0 Å². The minimum absolute atomic E-state index is 0.144. The summed E-state index contributed by atoms with van der Waals surface area (Å²) in [5.41, 5.74) is 1.06. The van der Waals surface area contributed by atoms with Gasteiger partial charge >= 0.3 is 12.0 Å². The van der Waals surface area contributed by atoms with E-state index < -0.39 is 5.97 Å². The van der Waals surface area contributed by atoms with Crippen LogP contribution in [0.1, 0.15) is 13.3 Å². The summed E-state index contributed by atoms with van der Waals surface area (Å²) in [6.07, 6.45) is 0.693. The molecule has 7 heteroatoms. The van der Waals surface area contributed by atoms with Gasteiger partial charge < -0.3 is 20.5 Å². The highest BCUT2D eigenvalue weighted by Crippen LogP contribution is 2.14. The Kier molecular flexibility index (Phi) is 6.59. The molecule has 1 rings (SSSR count). The van der Waals surface area contributed by atoms with E-state index in [0.717, 1.165) is 5.75 Å². The van der Waals surface area contributed by atoms with E-state index in [1.807, 2.05) is 0 Å². The number of aliphatic hydroxyl groups is 1. The van der Waals surface area contributed by atoms with Gasteiger partial charge in [0.2, 0.25) is 0 Å². The van der Waals surface area contributed by atoms with Gasteiger partial charge in [-0.15, -0.1) is 0 Å². The number of nitrogens with one attached hydrogen (secondary N) is 2.